The Labute approximate surface area is 125 Å². The van der Waals surface area contributed by atoms with Crippen LogP contribution in [0.3, 0.4) is 0 Å². The van der Waals surface area contributed by atoms with Gasteiger partial charge in [0, 0.05) is 36.9 Å². The van der Waals surface area contributed by atoms with E-state index in [1.165, 1.54) is 0 Å². The Morgan fingerprint density at radius 2 is 2.15 bits per heavy atom. The van der Waals surface area contributed by atoms with Gasteiger partial charge < -0.3 is 4.90 Å². The van der Waals surface area contributed by atoms with E-state index in [0.29, 0.717) is 16.8 Å². The van der Waals surface area contributed by atoms with E-state index >= 15 is 0 Å². The van der Waals surface area contributed by atoms with E-state index in [9.17, 15) is 4.79 Å². The molecule has 0 saturated carbocycles. The summed E-state index contributed by atoms with van der Waals surface area (Å²) in [6.45, 7) is 6.65. The normalized spacial score (nSPS) is 20.2. The first-order valence-corrected chi connectivity index (χ1v) is 7.58. The minimum atomic E-state index is 0.0653. The summed E-state index contributed by atoms with van der Waals surface area (Å²) in [5.74, 6) is 0.0653. The van der Waals surface area contributed by atoms with Gasteiger partial charge in [-0.05, 0) is 32.0 Å². The van der Waals surface area contributed by atoms with Gasteiger partial charge in [-0.25, -0.2) is 4.98 Å². The van der Waals surface area contributed by atoms with Gasteiger partial charge in [0.2, 0.25) is 0 Å². The van der Waals surface area contributed by atoms with Crippen molar-refractivity contribution in [3.05, 3.63) is 28.5 Å². The molecule has 1 unspecified atom stereocenters. The Bertz CT molecular complexity index is 492. The van der Waals surface area contributed by atoms with E-state index in [1.54, 1.807) is 6.07 Å². The van der Waals surface area contributed by atoms with Crippen LogP contribution in [0.4, 0.5) is 0 Å². The lowest BCUT2D eigenvalue weighted by Crippen LogP contribution is -2.53. The van der Waals surface area contributed by atoms with E-state index in [2.05, 4.69) is 23.9 Å². The van der Waals surface area contributed by atoms with Gasteiger partial charge in [-0.3, -0.25) is 9.69 Å². The number of amides is 1. The van der Waals surface area contributed by atoms with Crippen LogP contribution in [0.1, 0.15) is 36.3 Å². The number of carbonyl (C=O) groups excluding carboxylic acids is 1. The molecule has 1 atom stereocenters. The molecule has 1 aliphatic heterocycles. The molecule has 0 aliphatic carbocycles. The third-order valence-corrected chi connectivity index (χ3v) is 4.19. The number of rotatable bonds is 3. The van der Waals surface area contributed by atoms with Crippen molar-refractivity contribution in [1.29, 1.82) is 0 Å². The number of halogens is 1. The average molecular weight is 296 g/mol. The summed E-state index contributed by atoms with van der Waals surface area (Å²) in [6.07, 6.45) is 1.83. The molecular weight excluding hydrogens is 274 g/mol. The van der Waals surface area contributed by atoms with Gasteiger partial charge in [0.1, 0.15) is 5.15 Å². The molecule has 5 heteroatoms. The molecule has 4 nitrogen and oxygen atoms in total. The highest BCUT2D eigenvalue weighted by Gasteiger charge is 2.27. The number of hydrogen-bond donors (Lipinski definition) is 0. The molecule has 110 valence electrons. The highest BCUT2D eigenvalue weighted by molar-refractivity contribution is 6.29. The summed E-state index contributed by atoms with van der Waals surface area (Å²) in [5, 5.41) is 0.397. The van der Waals surface area contributed by atoms with Crippen LogP contribution in [0, 0.1) is 0 Å². The van der Waals surface area contributed by atoms with Crippen molar-refractivity contribution >= 4 is 17.5 Å². The lowest BCUT2D eigenvalue weighted by atomic mass is 10.1. The Balaban J connectivity index is 2.17. The summed E-state index contributed by atoms with van der Waals surface area (Å²) in [6, 6.07) is 3.96. The minimum Gasteiger partial charge on any atom is -0.336 e. The molecule has 0 aromatic carbocycles. The number of aromatic nitrogens is 1. The molecule has 2 rings (SSSR count). The molecule has 0 radical (unpaired) electrons. The van der Waals surface area contributed by atoms with Gasteiger partial charge in [0.15, 0.2) is 0 Å². The standard InChI is InChI=1S/C15H22ClN3O/c1-4-12-8-11(9-14(16)17-12)15(20)19-7-6-18(3)13(5-2)10-19/h8-9,13H,4-7,10H2,1-3H3. The van der Waals surface area contributed by atoms with Crippen molar-refractivity contribution in [2.45, 2.75) is 32.7 Å². The van der Waals surface area contributed by atoms with Gasteiger partial charge in [0.05, 0.1) is 0 Å². The number of likely N-dealkylation sites (N-methyl/N-ethyl adjacent to an activating group) is 1. The first kappa shape index (κ1) is 15.3. The molecule has 2 heterocycles. The number of nitrogens with zero attached hydrogens (tertiary/aromatic N) is 3. The summed E-state index contributed by atoms with van der Waals surface area (Å²) in [5.41, 5.74) is 1.52. The van der Waals surface area contributed by atoms with Gasteiger partial charge in [-0.1, -0.05) is 25.4 Å². The first-order valence-electron chi connectivity index (χ1n) is 7.21. The predicted octanol–water partition coefficient (Wildman–Crippen LogP) is 2.46. The second-order valence-corrected chi connectivity index (χ2v) is 5.70. The zero-order chi connectivity index (χ0) is 14.7. The van der Waals surface area contributed by atoms with Gasteiger partial charge >= 0.3 is 0 Å². The number of aryl methyl sites for hydroxylation is 1. The van der Waals surface area contributed by atoms with Crippen molar-refractivity contribution in [3.8, 4) is 0 Å². The summed E-state index contributed by atoms with van der Waals surface area (Å²) in [4.78, 5) is 21.1. The molecule has 1 saturated heterocycles. The number of carbonyl (C=O) groups is 1. The number of pyridine rings is 1. The average Bonchev–Trinajstić information content (AvgIpc) is 2.46. The fraction of sp³-hybridized carbons (Fsp3) is 0.600. The fourth-order valence-electron chi connectivity index (χ4n) is 2.61. The third-order valence-electron chi connectivity index (χ3n) is 3.99. The largest absolute Gasteiger partial charge is 0.336 e. The number of hydrogen-bond acceptors (Lipinski definition) is 3. The van der Waals surface area contributed by atoms with Crippen molar-refractivity contribution in [1.82, 2.24) is 14.8 Å². The molecule has 1 amide bonds. The molecule has 1 aliphatic rings. The van der Waals surface area contributed by atoms with E-state index in [0.717, 1.165) is 38.2 Å². The lowest BCUT2D eigenvalue weighted by molar-refractivity contribution is 0.0541. The van der Waals surface area contributed by atoms with Crippen LogP contribution in [0.15, 0.2) is 12.1 Å². The lowest BCUT2D eigenvalue weighted by Gasteiger charge is -2.39. The zero-order valence-corrected chi connectivity index (χ0v) is 13.2. The summed E-state index contributed by atoms with van der Waals surface area (Å²) >= 11 is 6.00. The maximum atomic E-state index is 12.6. The fourth-order valence-corrected chi connectivity index (χ4v) is 2.84. The molecule has 0 spiro atoms. The smallest absolute Gasteiger partial charge is 0.254 e. The molecule has 20 heavy (non-hydrogen) atoms. The molecule has 1 aromatic rings. The Morgan fingerprint density at radius 1 is 1.40 bits per heavy atom. The second kappa shape index (κ2) is 6.55. The molecule has 0 bridgehead atoms. The van der Waals surface area contributed by atoms with Crippen molar-refractivity contribution in [3.63, 3.8) is 0 Å². The first-order chi connectivity index (χ1) is 9.55. The van der Waals surface area contributed by atoms with Crippen LogP contribution in [0.2, 0.25) is 5.15 Å². The van der Waals surface area contributed by atoms with Crippen molar-refractivity contribution in [2.24, 2.45) is 0 Å². The Morgan fingerprint density at radius 3 is 2.80 bits per heavy atom. The SMILES string of the molecule is CCc1cc(C(=O)N2CCN(C)C(CC)C2)cc(Cl)n1. The quantitative estimate of drug-likeness (QED) is 0.804. The monoisotopic (exact) mass is 295 g/mol. The molecular formula is C15H22ClN3O. The Hall–Kier alpha value is -1.13. The van der Waals surface area contributed by atoms with Gasteiger partial charge in [-0.15, -0.1) is 0 Å². The van der Waals surface area contributed by atoms with Crippen molar-refractivity contribution < 1.29 is 4.79 Å². The van der Waals surface area contributed by atoms with Gasteiger partial charge in [0.25, 0.3) is 5.91 Å². The van der Waals surface area contributed by atoms with E-state index in [1.807, 2.05) is 17.9 Å². The van der Waals surface area contributed by atoms with E-state index in [4.69, 9.17) is 11.6 Å². The van der Waals surface area contributed by atoms with Crippen LogP contribution in [0.5, 0.6) is 0 Å². The van der Waals surface area contributed by atoms with E-state index < -0.39 is 0 Å². The highest BCUT2D eigenvalue weighted by Crippen LogP contribution is 2.17. The minimum absolute atomic E-state index is 0.0653. The molecule has 0 N–H and O–H groups in total. The third kappa shape index (κ3) is 3.30. The van der Waals surface area contributed by atoms with Gasteiger partial charge in [-0.2, -0.15) is 0 Å². The number of piperazine rings is 1. The Kier molecular flexibility index (Phi) is 5.00. The molecule has 1 fully saturated rings. The zero-order valence-electron chi connectivity index (χ0n) is 12.4. The second-order valence-electron chi connectivity index (χ2n) is 5.32. The summed E-state index contributed by atoms with van der Waals surface area (Å²) < 4.78 is 0. The maximum absolute atomic E-state index is 12.6. The van der Waals surface area contributed by atoms with E-state index in [-0.39, 0.29) is 5.91 Å². The van der Waals surface area contributed by atoms with Crippen LogP contribution in [-0.4, -0.2) is 53.4 Å². The predicted molar refractivity (Wildman–Crippen MR) is 81.2 cm³/mol. The van der Waals surface area contributed by atoms with Crippen LogP contribution >= 0.6 is 11.6 Å². The summed E-state index contributed by atoms with van der Waals surface area (Å²) in [7, 11) is 2.12. The highest BCUT2D eigenvalue weighted by atomic mass is 35.5. The molecule has 1 aromatic heterocycles. The topological polar surface area (TPSA) is 36.4 Å². The van der Waals surface area contributed by atoms with Crippen molar-refractivity contribution in [2.75, 3.05) is 26.7 Å². The van der Waals surface area contributed by atoms with Crippen LogP contribution in [-0.2, 0) is 6.42 Å². The van der Waals surface area contributed by atoms with Crippen LogP contribution < -0.4 is 0 Å². The van der Waals surface area contributed by atoms with Crippen LogP contribution in [0.25, 0.3) is 0 Å². The maximum Gasteiger partial charge on any atom is 0.254 e.